The van der Waals surface area contributed by atoms with E-state index in [1.807, 2.05) is 12.3 Å². The molecular weight excluding hydrogens is 298 g/mol. The highest BCUT2D eigenvalue weighted by atomic mass is 16.2. The van der Waals surface area contributed by atoms with E-state index in [1.54, 1.807) is 19.1 Å². The van der Waals surface area contributed by atoms with Gasteiger partial charge >= 0.3 is 6.21 Å². The molecule has 1 aromatic carbocycles. The molecule has 2 unspecified atom stereocenters. The molecule has 2 atom stereocenters. The highest BCUT2D eigenvalue weighted by molar-refractivity contribution is 6.28. The van der Waals surface area contributed by atoms with Crippen LogP contribution in [0.2, 0.25) is 0 Å². The molecule has 8 nitrogen and oxygen atoms in total. The molecule has 1 aromatic rings. The van der Waals surface area contributed by atoms with Gasteiger partial charge in [0.1, 0.15) is 6.04 Å². The number of nitrogens with zero attached hydrogens (tertiary/aromatic N) is 2. The highest BCUT2D eigenvalue weighted by Crippen LogP contribution is 2.12. The fourth-order valence-corrected chi connectivity index (χ4v) is 2.04. The Balaban J connectivity index is 3.11. The Morgan fingerprint density at radius 1 is 1.26 bits per heavy atom. The maximum absolute atomic E-state index is 12.4. The van der Waals surface area contributed by atoms with Crippen LogP contribution in [0.5, 0.6) is 0 Å². The fraction of sp³-hybridized carbons (Fsp3) is 0.333. The number of nitrogens with one attached hydrogen (secondary N) is 2. The zero-order valence-corrected chi connectivity index (χ0v) is 12.9. The second-order valence-corrected chi connectivity index (χ2v) is 5.00. The first-order chi connectivity index (χ1) is 11.0. The van der Waals surface area contributed by atoms with Gasteiger partial charge in [0, 0.05) is 0 Å². The summed E-state index contributed by atoms with van der Waals surface area (Å²) in [4.78, 5) is 38.8. The van der Waals surface area contributed by atoms with Gasteiger partial charge in [-0.25, -0.2) is 5.84 Å². The molecule has 8 heteroatoms. The largest absolute Gasteiger partial charge is 0.361 e. The van der Waals surface area contributed by atoms with E-state index in [2.05, 4.69) is 10.1 Å². The summed E-state index contributed by atoms with van der Waals surface area (Å²) in [7, 11) is 0. The molecule has 0 aliphatic carbocycles. The minimum absolute atomic E-state index is 0.0949. The van der Waals surface area contributed by atoms with Gasteiger partial charge in [-0.2, -0.15) is 4.79 Å². The van der Waals surface area contributed by atoms with Gasteiger partial charge in [0.2, 0.25) is 0 Å². The number of hydrogen-bond acceptors (Lipinski definition) is 4. The van der Waals surface area contributed by atoms with Crippen molar-refractivity contribution in [2.24, 2.45) is 11.8 Å². The van der Waals surface area contributed by atoms with Crippen molar-refractivity contribution in [2.45, 2.75) is 26.3 Å². The predicted octanol–water partition coefficient (Wildman–Crippen LogP) is 0.304. The first kappa shape index (κ1) is 18.2. The summed E-state index contributed by atoms with van der Waals surface area (Å²) in [5.74, 6) is 3.19. The normalized spacial score (nSPS) is 12.5. The summed E-state index contributed by atoms with van der Waals surface area (Å²) in [5.41, 5.74) is 10.7. The molecule has 0 aromatic heterocycles. The van der Waals surface area contributed by atoms with Crippen molar-refractivity contribution in [3.05, 3.63) is 40.9 Å². The third-order valence-electron chi connectivity index (χ3n) is 3.54. The van der Waals surface area contributed by atoms with E-state index in [1.165, 1.54) is 12.1 Å². The lowest BCUT2D eigenvalue weighted by molar-refractivity contribution is -0.118. The number of hydrogen-bond donors (Lipinski definition) is 3. The standard InChI is InChI=1S/C15H19N5O3/c1-3-9(2)13(12(21)8-18-16)19-14(22)10-6-4-5-7-11(10)15(23)20-17/h4-9,13H,3,17H2,1-2H3,(H,19,22)(H,20,23). The Hall–Kier alpha value is -2.83. The molecule has 0 saturated heterocycles. The number of nitrogen functional groups attached to an aromatic ring is 1. The summed E-state index contributed by atoms with van der Waals surface area (Å²) in [6.45, 7) is 3.65. The molecule has 2 amide bonds. The second kappa shape index (κ2) is 8.57. The molecule has 0 fully saturated rings. The molecule has 0 saturated carbocycles. The van der Waals surface area contributed by atoms with E-state index in [0.717, 1.165) is 6.21 Å². The van der Waals surface area contributed by atoms with Crippen molar-refractivity contribution >= 4 is 23.8 Å². The summed E-state index contributed by atoms with van der Waals surface area (Å²) < 4.78 is 0. The number of Topliss-reactive ketones (excluding diaryl/α,β-unsaturated/α-hetero) is 1. The topological polar surface area (TPSA) is 138 Å². The number of nitrogens with two attached hydrogens (primary N) is 1. The lowest BCUT2D eigenvalue weighted by Gasteiger charge is -2.21. The Bertz CT molecular complexity index is 652. The fourth-order valence-electron chi connectivity index (χ4n) is 2.04. The SMILES string of the molecule is CCC(C)C(NC(=O)c1ccccc1C(=O)NN)C(=O)C=[N+]=[N-]. The second-order valence-electron chi connectivity index (χ2n) is 5.00. The molecule has 23 heavy (non-hydrogen) atoms. The third kappa shape index (κ3) is 4.57. The maximum atomic E-state index is 12.4. The highest BCUT2D eigenvalue weighted by Gasteiger charge is 2.28. The summed E-state index contributed by atoms with van der Waals surface area (Å²) in [6, 6.07) is 5.23. The molecule has 4 N–H and O–H groups in total. The van der Waals surface area contributed by atoms with Crippen molar-refractivity contribution in [1.82, 2.24) is 10.7 Å². The Labute approximate surface area is 133 Å². The van der Waals surface area contributed by atoms with Crippen molar-refractivity contribution in [2.75, 3.05) is 0 Å². The Morgan fingerprint density at radius 2 is 1.83 bits per heavy atom. The molecule has 0 aliphatic heterocycles. The predicted molar refractivity (Wildman–Crippen MR) is 83.5 cm³/mol. The van der Waals surface area contributed by atoms with Crippen LogP contribution in [0.3, 0.4) is 0 Å². The zero-order chi connectivity index (χ0) is 17.4. The van der Waals surface area contributed by atoms with Gasteiger partial charge in [0.05, 0.1) is 11.1 Å². The average Bonchev–Trinajstić information content (AvgIpc) is 2.58. The molecule has 0 spiro atoms. The van der Waals surface area contributed by atoms with Crippen LogP contribution in [-0.2, 0) is 4.79 Å². The summed E-state index contributed by atoms with van der Waals surface area (Å²) in [5, 5.41) is 2.58. The summed E-state index contributed by atoms with van der Waals surface area (Å²) in [6.07, 6.45) is 1.37. The van der Waals surface area contributed by atoms with Crippen LogP contribution in [0, 0.1) is 5.92 Å². The van der Waals surface area contributed by atoms with Gasteiger partial charge in [-0.05, 0) is 18.1 Å². The summed E-state index contributed by atoms with van der Waals surface area (Å²) >= 11 is 0. The maximum Gasteiger partial charge on any atom is 0.325 e. The number of amides is 2. The van der Waals surface area contributed by atoms with E-state index in [0.29, 0.717) is 6.42 Å². The van der Waals surface area contributed by atoms with E-state index >= 15 is 0 Å². The van der Waals surface area contributed by atoms with Crippen molar-refractivity contribution < 1.29 is 19.2 Å². The third-order valence-corrected chi connectivity index (χ3v) is 3.54. The van der Waals surface area contributed by atoms with Crippen LogP contribution >= 0.6 is 0 Å². The van der Waals surface area contributed by atoms with E-state index in [-0.39, 0.29) is 17.0 Å². The van der Waals surface area contributed by atoms with E-state index < -0.39 is 23.6 Å². The number of benzene rings is 1. The number of carbonyl (C=O) groups is 3. The molecular formula is C15H19N5O3. The molecule has 0 aliphatic rings. The number of rotatable bonds is 7. The number of ketones is 1. The van der Waals surface area contributed by atoms with E-state index in [4.69, 9.17) is 11.4 Å². The van der Waals surface area contributed by atoms with Crippen molar-refractivity contribution in [3.63, 3.8) is 0 Å². The number of hydrazine groups is 1. The minimum Gasteiger partial charge on any atom is -0.361 e. The van der Waals surface area contributed by atoms with Gasteiger partial charge in [0.25, 0.3) is 17.6 Å². The lowest BCUT2D eigenvalue weighted by atomic mass is 9.95. The van der Waals surface area contributed by atoms with Gasteiger partial charge < -0.3 is 10.8 Å². The molecule has 0 radical (unpaired) electrons. The van der Waals surface area contributed by atoms with Crippen LogP contribution < -0.4 is 16.6 Å². The van der Waals surface area contributed by atoms with E-state index in [9.17, 15) is 14.4 Å². The Kier molecular flexibility index (Phi) is 6.79. The van der Waals surface area contributed by atoms with Crippen LogP contribution in [0.25, 0.3) is 5.53 Å². The monoisotopic (exact) mass is 317 g/mol. The van der Waals surface area contributed by atoms with Crippen molar-refractivity contribution in [1.29, 1.82) is 0 Å². The van der Waals surface area contributed by atoms with Crippen LogP contribution in [0.15, 0.2) is 24.3 Å². The quantitative estimate of drug-likeness (QED) is 0.166. The first-order valence-electron chi connectivity index (χ1n) is 7.08. The van der Waals surface area contributed by atoms with Gasteiger partial charge in [-0.1, -0.05) is 32.4 Å². The molecule has 0 heterocycles. The molecule has 122 valence electrons. The number of carbonyl (C=O) groups excluding carboxylic acids is 3. The van der Waals surface area contributed by atoms with Gasteiger partial charge in [0.15, 0.2) is 0 Å². The van der Waals surface area contributed by atoms with Crippen LogP contribution in [-0.4, -0.2) is 34.6 Å². The van der Waals surface area contributed by atoms with Crippen molar-refractivity contribution in [3.8, 4) is 0 Å². The van der Waals surface area contributed by atoms with Gasteiger partial charge in [-0.15, -0.1) is 0 Å². The molecule has 0 bridgehead atoms. The first-order valence-corrected chi connectivity index (χ1v) is 7.08. The van der Waals surface area contributed by atoms with Crippen LogP contribution in [0.4, 0.5) is 0 Å². The lowest BCUT2D eigenvalue weighted by Crippen LogP contribution is -2.46. The van der Waals surface area contributed by atoms with Gasteiger partial charge in [-0.3, -0.25) is 19.8 Å². The minimum atomic E-state index is -0.864. The smallest absolute Gasteiger partial charge is 0.325 e. The molecule has 1 rings (SSSR count). The Morgan fingerprint density at radius 3 is 2.30 bits per heavy atom. The zero-order valence-electron chi connectivity index (χ0n) is 12.9. The average molecular weight is 317 g/mol. The van der Waals surface area contributed by atoms with Crippen LogP contribution in [0.1, 0.15) is 41.0 Å².